The standard InChI is InChI=1S/C21H24N4O4/c1-13(2)25-20-17(11-23-25)16(21(28)22-8-9-29-12-19(26)27)10-18(24-20)15-7-5-4-6-14(15)3/h4-7,10-11,13H,8-9,12H2,1-3H3,(H,22,28)(H,26,27). The number of carbonyl (C=O) groups is 2. The van der Waals surface area contributed by atoms with Gasteiger partial charge in [0.2, 0.25) is 0 Å². The fourth-order valence-electron chi connectivity index (χ4n) is 3.07. The van der Waals surface area contributed by atoms with Crippen molar-refractivity contribution in [3.05, 3.63) is 47.7 Å². The molecule has 0 spiro atoms. The van der Waals surface area contributed by atoms with Crippen LogP contribution in [0.5, 0.6) is 0 Å². The first kappa shape index (κ1) is 20.5. The zero-order valence-electron chi connectivity index (χ0n) is 16.7. The van der Waals surface area contributed by atoms with Gasteiger partial charge in [-0.1, -0.05) is 24.3 Å². The number of carbonyl (C=O) groups excluding carboxylic acids is 1. The molecule has 2 N–H and O–H groups in total. The van der Waals surface area contributed by atoms with Gasteiger partial charge in [0.1, 0.15) is 6.61 Å². The Labute approximate surface area is 168 Å². The SMILES string of the molecule is Cc1ccccc1-c1cc(C(=O)NCCOCC(=O)O)c2cnn(C(C)C)c2n1. The highest BCUT2D eigenvalue weighted by molar-refractivity contribution is 6.06. The van der Waals surface area contributed by atoms with Crippen LogP contribution >= 0.6 is 0 Å². The summed E-state index contributed by atoms with van der Waals surface area (Å²) in [6.45, 7) is 5.94. The zero-order valence-corrected chi connectivity index (χ0v) is 16.7. The molecule has 2 heterocycles. The molecule has 0 aliphatic heterocycles. The number of hydrogen-bond acceptors (Lipinski definition) is 5. The third-order valence-electron chi connectivity index (χ3n) is 4.48. The Kier molecular flexibility index (Phi) is 6.23. The third kappa shape index (κ3) is 4.60. The van der Waals surface area contributed by atoms with Crippen LogP contribution in [0.4, 0.5) is 0 Å². The van der Waals surface area contributed by atoms with E-state index >= 15 is 0 Å². The van der Waals surface area contributed by atoms with Gasteiger partial charge in [0, 0.05) is 18.2 Å². The van der Waals surface area contributed by atoms with Crippen LogP contribution in [0.2, 0.25) is 0 Å². The van der Waals surface area contributed by atoms with Crippen molar-refractivity contribution in [2.24, 2.45) is 0 Å². The summed E-state index contributed by atoms with van der Waals surface area (Å²) < 4.78 is 6.77. The molecule has 0 saturated heterocycles. The molecule has 1 aromatic carbocycles. The van der Waals surface area contributed by atoms with Gasteiger partial charge >= 0.3 is 5.97 Å². The van der Waals surface area contributed by atoms with Gasteiger partial charge < -0.3 is 15.2 Å². The monoisotopic (exact) mass is 396 g/mol. The Balaban J connectivity index is 1.96. The second-order valence-electron chi connectivity index (χ2n) is 6.99. The molecular formula is C21H24N4O4. The molecule has 0 saturated carbocycles. The van der Waals surface area contributed by atoms with Crippen LogP contribution in [-0.4, -0.2) is 51.5 Å². The molecule has 8 nitrogen and oxygen atoms in total. The van der Waals surface area contributed by atoms with E-state index in [-0.39, 0.29) is 25.1 Å². The van der Waals surface area contributed by atoms with Gasteiger partial charge in [0.05, 0.1) is 29.4 Å². The Bertz CT molecular complexity index is 1040. The zero-order chi connectivity index (χ0) is 21.0. The van der Waals surface area contributed by atoms with E-state index in [0.29, 0.717) is 22.3 Å². The Hall–Kier alpha value is -3.26. The fourth-order valence-corrected chi connectivity index (χ4v) is 3.07. The summed E-state index contributed by atoms with van der Waals surface area (Å²) in [5.41, 5.74) is 3.82. The highest BCUT2D eigenvalue weighted by atomic mass is 16.5. The van der Waals surface area contributed by atoms with E-state index in [0.717, 1.165) is 11.1 Å². The number of aromatic nitrogens is 3. The van der Waals surface area contributed by atoms with E-state index in [1.54, 1.807) is 16.9 Å². The van der Waals surface area contributed by atoms with E-state index in [1.807, 2.05) is 45.0 Å². The second kappa shape index (κ2) is 8.83. The number of fused-ring (bicyclic) bond motifs is 1. The molecule has 29 heavy (non-hydrogen) atoms. The molecule has 3 rings (SSSR count). The Morgan fingerprint density at radius 1 is 1.28 bits per heavy atom. The third-order valence-corrected chi connectivity index (χ3v) is 4.48. The number of carboxylic acids is 1. The minimum atomic E-state index is -1.05. The molecule has 152 valence electrons. The second-order valence-corrected chi connectivity index (χ2v) is 6.99. The summed E-state index contributed by atoms with van der Waals surface area (Å²) in [7, 11) is 0. The average molecular weight is 396 g/mol. The molecular weight excluding hydrogens is 372 g/mol. The first-order valence-electron chi connectivity index (χ1n) is 9.40. The normalized spacial score (nSPS) is 11.2. The largest absolute Gasteiger partial charge is 0.480 e. The maximum absolute atomic E-state index is 12.9. The maximum Gasteiger partial charge on any atom is 0.329 e. The summed E-state index contributed by atoms with van der Waals surface area (Å²) >= 11 is 0. The smallest absolute Gasteiger partial charge is 0.329 e. The lowest BCUT2D eigenvalue weighted by atomic mass is 10.0. The van der Waals surface area contributed by atoms with Crippen LogP contribution in [0.25, 0.3) is 22.3 Å². The number of carboxylic acid groups (broad SMARTS) is 1. The molecule has 0 aliphatic rings. The molecule has 3 aromatic rings. The summed E-state index contributed by atoms with van der Waals surface area (Å²) in [4.78, 5) is 28.1. The minimum absolute atomic E-state index is 0.0902. The quantitative estimate of drug-likeness (QED) is 0.567. The number of benzene rings is 1. The van der Waals surface area contributed by atoms with Gasteiger partial charge in [-0.2, -0.15) is 5.10 Å². The van der Waals surface area contributed by atoms with Crippen LogP contribution in [-0.2, 0) is 9.53 Å². The lowest BCUT2D eigenvalue weighted by Gasteiger charge is -2.12. The van der Waals surface area contributed by atoms with Crippen molar-refractivity contribution in [1.29, 1.82) is 0 Å². The molecule has 2 aromatic heterocycles. The number of rotatable bonds is 8. The highest BCUT2D eigenvalue weighted by Gasteiger charge is 2.19. The van der Waals surface area contributed by atoms with E-state index < -0.39 is 12.6 Å². The molecule has 1 amide bonds. The van der Waals surface area contributed by atoms with Crippen molar-refractivity contribution in [2.45, 2.75) is 26.8 Å². The van der Waals surface area contributed by atoms with Gasteiger partial charge in [-0.05, 0) is 32.4 Å². The topological polar surface area (TPSA) is 106 Å². The molecule has 8 heteroatoms. The number of nitrogens with one attached hydrogen (secondary N) is 1. The number of pyridine rings is 1. The lowest BCUT2D eigenvalue weighted by Crippen LogP contribution is -2.28. The molecule has 0 radical (unpaired) electrons. The van der Waals surface area contributed by atoms with Crippen LogP contribution in [0.15, 0.2) is 36.5 Å². The molecule has 0 unspecified atom stereocenters. The van der Waals surface area contributed by atoms with Crippen LogP contribution in [0.1, 0.15) is 35.8 Å². The number of nitrogens with zero attached hydrogens (tertiary/aromatic N) is 3. The summed E-state index contributed by atoms with van der Waals surface area (Å²) in [6.07, 6.45) is 1.65. The fraction of sp³-hybridized carbons (Fsp3) is 0.333. The Morgan fingerprint density at radius 3 is 2.72 bits per heavy atom. The summed E-state index contributed by atoms with van der Waals surface area (Å²) in [5, 5.41) is 16.4. The predicted molar refractivity (Wildman–Crippen MR) is 109 cm³/mol. The van der Waals surface area contributed by atoms with Crippen molar-refractivity contribution in [2.75, 3.05) is 19.8 Å². The lowest BCUT2D eigenvalue weighted by molar-refractivity contribution is -0.142. The van der Waals surface area contributed by atoms with Crippen molar-refractivity contribution < 1.29 is 19.4 Å². The van der Waals surface area contributed by atoms with E-state index in [9.17, 15) is 9.59 Å². The van der Waals surface area contributed by atoms with Crippen molar-refractivity contribution in [3.8, 4) is 11.3 Å². The predicted octanol–water partition coefficient (Wildman–Crippen LogP) is 2.82. The van der Waals surface area contributed by atoms with Gasteiger partial charge in [-0.15, -0.1) is 0 Å². The highest BCUT2D eigenvalue weighted by Crippen LogP contribution is 2.28. The first-order valence-corrected chi connectivity index (χ1v) is 9.40. The minimum Gasteiger partial charge on any atom is -0.480 e. The molecule has 0 atom stereocenters. The van der Waals surface area contributed by atoms with Crippen molar-refractivity contribution in [1.82, 2.24) is 20.1 Å². The summed E-state index contributed by atoms with van der Waals surface area (Å²) in [5.74, 6) is -1.33. The summed E-state index contributed by atoms with van der Waals surface area (Å²) in [6, 6.07) is 9.73. The molecule has 0 bridgehead atoms. The number of amides is 1. The number of aryl methyl sites for hydroxylation is 1. The van der Waals surface area contributed by atoms with E-state index in [4.69, 9.17) is 14.8 Å². The van der Waals surface area contributed by atoms with Gasteiger partial charge in [-0.3, -0.25) is 4.79 Å². The van der Waals surface area contributed by atoms with Gasteiger partial charge in [0.25, 0.3) is 5.91 Å². The van der Waals surface area contributed by atoms with Crippen molar-refractivity contribution >= 4 is 22.9 Å². The van der Waals surface area contributed by atoms with Crippen LogP contribution in [0, 0.1) is 6.92 Å². The first-order chi connectivity index (χ1) is 13.9. The van der Waals surface area contributed by atoms with Crippen molar-refractivity contribution in [3.63, 3.8) is 0 Å². The molecule has 0 fully saturated rings. The molecule has 0 aliphatic carbocycles. The maximum atomic E-state index is 12.9. The number of aliphatic carboxylic acids is 1. The van der Waals surface area contributed by atoms with Gasteiger partial charge in [0.15, 0.2) is 5.65 Å². The average Bonchev–Trinajstić information content (AvgIpc) is 3.11. The number of hydrogen-bond donors (Lipinski definition) is 2. The number of ether oxygens (including phenoxy) is 1. The van der Waals surface area contributed by atoms with Crippen LogP contribution in [0.3, 0.4) is 0 Å². The van der Waals surface area contributed by atoms with Gasteiger partial charge in [-0.25, -0.2) is 14.5 Å². The Morgan fingerprint density at radius 2 is 2.03 bits per heavy atom. The van der Waals surface area contributed by atoms with E-state index in [1.165, 1.54) is 0 Å². The van der Waals surface area contributed by atoms with E-state index in [2.05, 4.69) is 10.4 Å². The van der Waals surface area contributed by atoms with Crippen LogP contribution < -0.4 is 5.32 Å².